The SMILES string of the molecule is COCC[N+](C)(C)CCOC(C)=O.FB(F)F.[F-]. The molecule has 0 aromatic rings. The van der Waals surface area contributed by atoms with Crippen LogP contribution in [0.25, 0.3) is 0 Å². The standard InChI is InChI=1S/C9H20NO3.BF3.FH/c1-9(11)13-8-6-10(2,3)5-7-12-4;2-1(3)4;/h5-8H2,1-4H3;;1H/q+1;;/p-1. The van der Waals surface area contributed by atoms with Crippen molar-refractivity contribution < 1.29 is 36.4 Å². The van der Waals surface area contributed by atoms with Crippen molar-refractivity contribution in [1.82, 2.24) is 0 Å². The van der Waals surface area contributed by atoms with Gasteiger partial charge in [0, 0.05) is 14.0 Å². The Kier molecular flexibility index (Phi) is 15.7. The lowest BCUT2D eigenvalue weighted by atomic mass is 10.4. The van der Waals surface area contributed by atoms with Crippen LogP contribution in [-0.4, -0.2) is 65.5 Å². The summed E-state index contributed by atoms with van der Waals surface area (Å²) in [6.45, 7) is 4.38. The van der Waals surface area contributed by atoms with Crippen LogP contribution in [0.15, 0.2) is 0 Å². The molecule has 0 aliphatic carbocycles. The van der Waals surface area contributed by atoms with Gasteiger partial charge in [-0.1, -0.05) is 0 Å². The number of halogens is 4. The van der Waals surface area contributed by atoms with Gasteiger partial charge in [0.05, 0.1) is 20.7 Å². The highest BCUT2D eigenvalue weighted by Gasteiger charge is 2.14. The van der Waals surface area contributed by atoms with Crippen molar-refractivity contribution in [2.75, 3.05) is 47.5 Å². The second kappa shape index (κ2) is 12.6. The maximum absolute atomic E-state index is 10.5. The molecule has 0 atom stereocenters. The molecule has 0 fully saturated rings. The number of methoxy groups -OCH3 is 1. The third kappa shape index (κ3) is 24.4. The second-order valence-corrected chi connectivity index (χ2v) is 3.96. The molecular weight excluding hydrogens is 257 g/mol. The van der Waals surface area contributed by atoms with Crippen molar-refractivity contribution in [3.05, 3.63) is 0 Å². The first kappa shape index (κ1) is 22.4. The summed E-state index contributed by atoms with van der Waals surface area (Å²) in [7, 11) is 2.19. The predicted octanol–water partition coefficient (Wildman–Crippen LogP) is -1.84. The zero-order valence-corrected chi connectivity index (χ0v) is 11.1. The second-order valence-electron chi connectivity index (χ2n) is 3.96. The van der Waals surface area contributed by atoms with Gasteiger partial charge in [0.25, 0.3) is 0 Å². The van der Waals surface area contributed by atoms with Crippen LogP contribution in [0.4, 0.5) is 12.9 Å². The van der Waals surface area contributed by atoms with Crippen molar-refractivity contribution in [2.45, 2.75) is 6.92 Å². The van der Waals surface area contributed by atoms with Crippen LogP contribution in [0.2, 0.25) is 0 Å². The third-order valence-corrected chi connectivity index (χ3v) is 1.90. The van der Waals surface area contributed by atoms with E-state index in [1.807, 2.05) is 0 Å². The third-order valence-electron chi connectivity index (χ3n) is 1.90. The fraction of sp³-hybridized carbons (Fsp3) is 0.889. The molecule has 0 bridgehead atoms. The highest BCUT2D eigenvalue weighted by atomic mass is 19.4. The molecule has 0 spiro atoms. The number of hydrogen-bond acceptors (Lipinski definition) is 3. The van der Waals surface area contributed by atoms with E-state index in [1.54, 1.807) is 7.11 Å². The molecular formula is C9H20BF4NO3. The molecule has 0 aromatic heterocycles. The van der Waals surface area contributed by atoms with Crippen LogP contribution in [0.1, 0.15) is 6.92 Å². The number of esters is 1. The summed E-state index contributed by atoms with van der Waals surface area (Å²) in [4.78, 5) is 10.5. The Hall–Kier alpha value is -0.825. The molecule has 0 aliphatic heterocycles. The molecule has 9 heteroatoms. The molecule has 0 N–H and O–H groups in total. The van der Waals surface area contributed by atoms with E-state index in [1.165, 1.54) is 6.92 Å². The van der Waals surface area contributed by atoms with E-state index in [0.717, 1.165) is 24.2 Å². The average molecular weight is 277 g/mol. The van der Waals surface area contributed by atoms with Crippen LogP contribution in [0, 0.1) is 0 Å². The van der Waals surface area contributed by atoms with Crippen molar-refractivity contribution in [3.63, 3.8) is 0 Å². The highest BCUT2D eigenvalue weighted by Crippen LogP contribution is 1.96. The van der Waals surface area contributed by atoms with Gasteiger partial charge < -0.3 is 18.7 Å². The molecule has 0 saturated carbocycles. The minimum absolute atomic E-state index is 0. The van der Waals surface area contributed by atoms with Crippen LogP contribution >= 0.6 is 0 Å². The Morgan fingerprint density at radius 2 is 1.56 bits per heavy atom. The predicted molar refractivity (Wildman–Crippen MR) is 59.4 cm³/mol. The van der Waals surface area contributed by atoms with Crippen LogP contribution in [-0.2, 0) is 14.3 Å². The van der Waals surface area contributed by atoms with E-state index in [4.69, 9.17) is 9.47 Å². The molecule has 0 aromatic carbocycles. The van der Waals surface area contributed by atoms with Gasteiger partial charge in [-0.25, -0.2) is 0 Å². The normalized spacial score (nSPS) is 9.72. The number of rotatable bonds is 6. The number of hydrogen-bond donors (Lipinski definition) is 0. The highest BCUT2D eigenvalue weighted by molar-refractivity contribution is 6.33. The first-order valence-corrected chi connectivity index (χ1v) is 5.08. The molecule has 0 rings (SSSR count). The lowest BCUT2D eigenvalue weighted by Gasteiger charge is -2.28. The Morgan fingerprint density at radius 3 is 1.89 bits per heavy atom. The van der Waals surface area contributed by atoms with Gasteiger partial charge in [0.1, 0.15) is 19.7 Å². The lowest BCUT2D eigenvalue weighted by molar-refractivity contribution is -0.890. The summed E-state index contributed by atoms with van der Waals surface area (Å²) in [5, 5.41) is 0. The Bertz CT molecular complexity index is 205. The van der Waals surface area contributed by atoms with E-state index >= 15 is 0 Å². The minimum atomic E-state index is -3.67. The molecule has 4 nitrogen and oxygen atoms in total. The maximum atomic E-state index is 10.5. The molecule has 0 heterocycles. The molecule has 110 valence electrons. The van der Waals surface area contributed by atoms with E-state index in [9.17, 15) is 17.7 Å². The summed E-state index contributed by atoms with van der Waals surface area (Å²) in [6.07, 6.45) is 0. The topological polar surface area (TPSA) is 35.5 Å². The smallest absolute Gasteiger partial charge is 0.762 e. The quantitative estimate of drug-likeness (QED) is 0.248. The lowest BCUT2D eigenvalue weighted by Crippen LogP contribution is -3.00. The molecule has 0 amide bonds. The Labute approximate surface area is 105 Å². The van der Waals surface area contributed by atoms with Crippen LogP contribution in [0.5, 0.6) is 0 Å². The van der Waals surface area contributed by atoms with Crippen molar-refractivity contribution >= 4 is 13.5 Å². The monoisotopic (exact) mass is 277 g/mol. The van der Waals surface area contributed by atoms with Crippen molar-refractivity contribution in [1.29, 1.82) is 0 Å². The number of likely N-dealkylation sites (N-methyl/N-ethyl adjacent to an activating group) is 1. The van der Waals surface area contributed by atoms with Gasteiger partial charge in [-0.05, 0) is 0 Å². The van der Waals surface area contributed by atoms with Crippen molar-refractivity contribution in [3.8, 4) is 0 Å². The van der Waals surface area contributed by atoms with Crippen molar-refractivity contribution in [2.24, 2.45) is 0 Å². The summed E-state index contributed by atoms with van der Waals surface area (Å²) in [6, 6.07) is 0. The Morgan fingerprint density at radius 1 is 1.17 bits per heavy atom. The van der Waals surface area contributed by atoms with E-state index < -0.39 is 7.54 Å². The van der Waals surface area contributed by atoms with Gasteiger partial charge in [0.15, 0.2) is 0 Å². The fourth-order valence-electron chi connectivity index (χ4n) is 0.887. The largest absolute Gasteiger partial charge is 1.00 e. The van der Waals surface area contributed by atoms with Gasteiger partial charge in [-0.15, -0.1) is 0 Å². The molecule has 0 unspecified atom stereocenters. The first-order chi connectivity index (χ1) is 7.71. The minimum Gasteiger partial charge on any atom is -1.00 e. The van der Waals surface area contributed by atoms with Crippen LogP contribution in [0.3, 0.4) is 0 Å². The number of carbonyl (C=O) groups is 1. The first-order valence-electron chi connectivity index (χ1n) is 5.08. The number of nitrogens with zero attached hydrogens (tertiary/aromatic N) is 1. The van der Waals surface area contributed by atoms with E-state index in [0.29, 0.717) is 6.61 Å². The number of ether oxygens (including phenoxy) is 2. The summed E-state index contributed by atoms with van der Waals surface area (Å²) in [5.41, 5.74) is 0. The maximum Gasteiger partial charge on any atom is 0.762 e. The average Bonchev–Trinajstić information content (AvgIpc) is 2.13. The molecule has 0 aliphatic rings. The summed E-state index contributed by atoms with van der Waals surface area (Å²) in [5.74, 6) is -0.216. The fourth-order valence-corrected chi connectivity index (χ4v) is 0.887. The van der Waals surface area contributed by atoms with Gasteiger partial charge in [0.2, 0.25) is 0 Å². The molecule has 0 saturated heterocycles. The van der Waals surface area contributed by atoms with Gasteiger partial charge >= 0.3 is 13.5 Å². The van der Waals surface area contributed by atoms with E-state index in [2.05, 4.69) is 14.1 Å². The zero-order chi connectivity index (χ0) is 13.9. The Balaban J connectivity index is -0.000000392. The summed E-state index contributed by atoms with van der Waals surface area (Å²) < 4.78 is 39.7. The number of carbonyl (C=O) groups excluding carboxylic acids is 1. The molecule has 18 heavy (non-hydrogen) atoms. The van der Waals surface area contributed by atoms with E-state index in [-0.39, 0.29) is 10.7 Å². The van der Waals surface area contributed by atoms with Gasteiger partial charge in [-0.2, -0.15) is 0 Å². The van der Waals surface area contributed by atoms with Gasteiger partial charge in [-0.3, -0.25) is 17.7 Å². The van der Waals surface area contributed by atoms with Crippen LogP contribution < -0.4 is 4.70 Å². The number of quaternary nitrogens is 1. The zero-order valence-electron chi connectivity index (χ0n) is 11.1. The summed E-state index contributed by atoms with van der Waals surface area (Å²) >= 11 is 0. The molecule has 0 radical (unpaired) electrons.